The van der Waals surface area contributed by atoms with E-state index in [4.69, 9.17) is 10.7 Å². The SMILES string of the molecule is O=C(c1ccc(S(=O)(=O)Cl)cc1)N(Cc1ccccc1)Cc1ccccc1. The van der Waals surface area contributed by atoms with Gasteiger partial charge in [-0.25, -0.2) is 8.42 Å². The third-order valence-electron chi connectivity index (χ3n) is 4.10. The van der Waals surface area contributed by atoms with Crippen LogP contribution in [-0.4, -0.2) is 19.2 Å². The average Bonchev–Trinajstić information content (AvgIpc) is 2.68. The van der Waals surface area contributed by atoms with Gasteiger partial charge in [0, 0.05) is 29.3 Å². The molecule has 0 N–H and O–H groups in total. The summed E-state index contributed by atoms with van der Waals surface area (Å²) in [5, 5.41) is 0. The van der Waals surface area contributed by atoms with Gasteiger partial charge in [0.1, 0.15) is 0 Å². The Balaban J connectivity index is 1.87. The highest BCUT2D eigenvalue weighted by Crippen LogP contribution is 2.18. The molecule has 0 fully saturated rings. The number of rotatable bonds is 6. The van der Waals surface area contributed by atoms with E-state index in [9.17, 15) is 13.2 Å². The maximum atomic E-state index is 13.1. The molecular weight excluding hydrogens is 382 g/mol. The van der Waals surface area contributed by atoms with Gasteiger partial charge in [0.25, 0.3) is 15.0 Å². The Morgan fingerprint density at radius 3 is 1.59 bits per heavy atom. The molecule has 27 heavy (non-hydrogen) atoms. The summed E-state index contributed by atoms with van der Waals surface area (Å²) in [6.07, 6.45) is 0. The summed E-state index contributed by atoms with van der Waals surface area (Å²) >= 11 is 0. The zero-order valence-corrected chi connectivity index (χ0v) is 16.0. The van der Waals surface area contributed by atoms with Crippen LogP contribution in [0.2, 0.25) is 0 Å². The number of hydrogen-bond acceptors (Lipinski definition) is 3. The molecule has 0 radical (unpaired) electrons. The minimum atomic E-state index is -3.82. The summed E-state index contributed by atoms with van der Waals surface area (Å²) in [5.74, 6) is -0.179. The van der Waals surface area contributed by atoms with E-state index in [1.54, 1.807) is 4.90 Å². The predicted octanol–water partition coefficient (Wildman–Crippen LogP) is 4.46. The quantitative estimate of drug-likeness (QED) is 0.575. The smallest absolute Gasteiger partial charge is 0.261 e. The number of carbonyl (C=O) groups excluding carboxylic acids is 1. The number of nitrogens with zero attached hydrogens (tertiary/aromatic N) is 1. The maximum Gasteiger partial charge on any atom is 0.261 e. The van der Waals surface area contributed by atoms with Crippen LogP contribution in [0.15, 0.2) is 89.8 Å². The standard InChI is InChI=1S/C21H18ClNO3S/c22-27(25,26)20-13-11-19(12-14-20)21(24)23(15-17-7-3-1-4-8-17)16-18-9-5-2-6-10-18/h1-14H,15-16H2. The molecule has 0 heterocycles. The van der Waals surface area contributed by atoms with E-state index in [0.29, 0.717) is 18.7 Å². The molecule has 0 aliphatic rings. The third kappa shape index (κ3) is 5.18. The van der Waals surface area contributed by atoms with Crippen LogP contribution in [-0.2, 0) is 22.1 Å². The molecule has 0 aliphatic heterocycles. The van der Waals surface area contributed by atoms with Gasteiger partial charge < -0.3 is 4.90 Å². The van der Waals surface area contributed by atoms with Gasteiger partial charge in [0.05, 0.1) is 4.90 Å². The lowest BCUT2D eigenvalue weighted by Gasteiger charge is -2.23. The Labute approximate surface area is 163 Å². The Bertz CT molecular complexity index is 963. The molecule has 0 saturated heterocycles. The minimum absolute atomic E-state index is 0.0293. The highest BCUT2D eigenvalue weighted by molar-refractivity contribution is 8.13. The number of hydrogen-bond donors (Lipinski definition) is 0. The second kappa shape index (κ2) is 8.37. The number of benzene rings is 3. The highest BCUT2D eigenvalue weighted by Gasteiger charge is 2.18. The summed E-state index contributed by atoms with van der Waals surface area (Å²) in [4.78, 5) is 14.8. The third-order valence-corrected chi connectivity index (χ3v) is 5.47. The van der Waals surface area contributed by atoms with Crippen LogP contribution in [0.5, 0.6) is 0 Å². The summed E-state index contributed by atoms with van der Waals surface area (Å²) in [5.41, 5.74) is 2.44. The average molecular weight is 400 g/mol. The molecular formula is C21H18ClNO3S. The van der Waals surface area contributed by atoms with Crippen LogP contribution >= 0.6 is 10.7 Å². The van der Waals surface area contributed by atoms with E-state index in [1.165, 1.54) is 24.3 Å². The van der Waals surface area contributed by atoms with Gasteiger partial charge in [-0.2, -0.15) is 0 Å². The molecule has 3 rings (SSSR count). The summed E-state index contributed by atoms with van der Waals surface area (Å²) < 4.78 is 22.8. The van der Waals surface area contributed by atoms with Crippen LogP contribution in [0.4, 0.5) is 0 Å². The van der Waals surface area contributed by atoms with Crippen molar-refractivity contribution in [3.8, 4) is 0 Å². The fourth-order valence-electron chi connectivity index (χ4n) is 2.75. The minimum Gasteiger partial charge on any atom is -0.330 e. The lowest BCUT2D eigenvalue weighted by Crippen LogP contribution is -2.30. The molecule has 0 unspecified atom stereocenters. The van der Waals surface area contributed by atoms with E-state index in [0.717, 1.165) is 11.1 Å². The first-order chi connectivity index (χ1) is 12.9. The van der Waals surface area contributed by atoms with Crippen molar-refractivity contribution in [2.75, 3.05) is 0 Å². The van der Waals surface area contributed by atoms with Crippen molar-refractivity contribution in [3.05, 3.63) is 102 Å². The fourth-order valence-corrected chi connectivity index (χ4v) is 3.52. The Morgan fingerprint density at radius 1 is 0.741 bits per heavy atom. The van der Waals surface area contributed by atoms with Crippen molar-refractivity contribution in [1.29, 1.82) is 0 Å². The summed E-state index contributed by atoms with van der Waals surface area (Å²) in [6, 6.07) is 25.1. The second-order valence-electron chi connectivity index (χ2n) is 6.09. The molecule has 6 heteroatoms. The summed E-state index contributed by atoms with van der Waals surface area (Å²) in [7, 11) is 1.53. The Hall–Kier alpha value is -2.63. The van der Waals surface area contributed by atoms with Crippen LogP contribution in [0, 0.1) is 0 Å². The van der Waals surface area contributed by atoms with Gasteiger partial charge in [-0.05, 0) is 35.4 Å². The van der Waals surface area contributed by atoms with Gasteiger partial charge in [0.2, 0.25) is 0 Å². The number of amides is 1. The first-order valence-electron chi connectivity index (χ1n) is 8.35. The molecule has 0 saturated carbocycles. The van der Waals surface area contributed by atoms with E-state index >= 15 is 0 Å². The van der Waals surface area contributed by atoms with E-state index < -0.39 is 9.05 Å². The van der Waals surface area contributed by atoms with Crippen molar-refractivity contribution in [1.82, 2.24) is 4.90 Å². The van der Waals surface area contributed by atoms with Gasteiger partial charge >= 0.3 is 0 Å². The molecule has 1 amide bonds. The summed E-state index contributed by atoms with van der Waals surface area (Å²) in [6.45, 7) is 0.897. The van der Waals surface area contributed by atoms with Crippen molar-refractivity contribution >= 4 is 25.6 Å². The molecule has 0 bridgehead atoms. The van der Waals surface area contributed by atoms with Crippen molar-refractivity contribution in [2.45, 2.75) is 18.0 Å². The van der Waals surface area contributed by atoms with Crippen LogP contribution in [0.25, 0.3) is 0 Å². The molecule has 0 aliphatic carbocycles. The molecule has 0 atom stereocenters. The van der Waals surface area contributed by atoms with Crippen molar-refractivity contribution in [3.63, 3.8) is 0 Å². The van der Waals surface area contributed by atoms with Crippen molar-refractivity contribution in [2.24, 2.45) is 0 Å². The van der Waals surface area contributed by atoms with Gasteiger partial charge in [0.15, 0.2) is 0 Å². The second-order valence-corrected chi connectivity index (χ2v) is 8.66. The molecule has 138 valence electrons. The normalized spacial score (nSPS) is 11.1. The number of carbonyl (C=O) groups is 1. The Morgan fingerprint density at radius 2 is 1.19 bits per heavy atom. The molecule has 3 aromatic carbocycles. The molecule has 4 nitrogen and oxygen atoms in total. The first kappa shape index (κ1) is 19.1. The van der Waals surface area contributed by atoms with Gasteiger partial charge in [-0.15, -0.1) is 0 Å². The fraction of sp³-hybridized carbons (Fsp3) is 0.0952. The zero-order valence-electron chi connectivity index (χ0n) is 14.5. The predicted molar refractivity (Wildman–Crippen MR) is 106 cm³/mol. The van der Waals surface area contributed by atoms with Crippen LogP contribution in [0.1, 0.15) is 21.5 Å². The van der Waals surface area contributed by atoms with E-state index in [1.807, 2.05) is 60.7 Å². The van der Waals surface area contributed by atoms with Gasteiger partial charge in [-0.1, -0.05) is 60.7 Å². The maximum absolute atomic E-state index is 13.1. The molecule has 0 spiro atoms. The topological polar surface area (TPSA) is 54.5 Å². The monoisotopic (exact) mass is 399 g/mol. The zero-order chi connectivity index (χ0) is 19.3. The van der Waals surface area contributed by atoms with E-state index in [2.05, 4.69) is 0 Å². The van der Waals surface area contributed by atoms with Gasteiger partial charge in [-0.3, -0.25) is 4.79 Å². The highest BCUT2D eigenvalue weighted by atomic mass is 35.7. The lowest BCUT2D eigenvalue weighted by atomic mass is 10.1. The van der Waals surface area contributed by atoms with E-state index in [-0.39, 0.29) is 10.8 Å². The van der Waals surface area contributed by atoms with Crippen molar-refractivity contribution < 1.29 is 13.2 Å². The molecule has 0 aromatic heterocycles. The first-order valence-corrected chi connectivity index (χ1v) is 10.7. The number of halogens is 1. The van der Waals surface area contributed by atoms with Crippen LogP contribution in [0.3, 0.4) is 0 Å². The van der Waals surface area contributed by atoms with Crippen LogP contribution < -0.4 is 0 Å². The lowest BCUT2D eigenvalue weighted by molar-refractivity contribution is 0.0730. The molecule has 3 aromatic rings. The largest absolute Gasteiger partial charge is 0.330 e. The Kier molecular flexibility index (Phi) is 5.94.